The summed E-state index contributed by atoms with van der Waals surface area (Å²) in [6.07, 6.45) is 0.121. The Balaban J connectivity index is 0.913. The molecule has 1 aliphatic heterocycles. The number of Topliss-reactive ketones (excluding diaryl/α,β-unsaturated/α-hetero) is 2. The van der Waals surface area contributed by atoms with Crippen LogP contribution in [0.2, 0.25) is 0 Å². The zero-order chi connectivity index (χ0) is 71.6. The molecule has 0 aromatic heterocycles. The molecule has 1 amide bonds. The molecule has 12 rings (SSSR count). The normalized spacial score (nSPS) is 38.0. The Morgan fingerprint density at radius 1 is 0.707 bits per heavy atom. The van der Waals surface area contributed by atoms with Crippen molar-refractivity contribution in [1.29, 1.82) is 0 Å². The molecule has 3 aromatic rings. The van der Waals surface area contributed by atoms with Gasteiger partial charge in [0.2, 0.25) is 0 Å². The number of allylic oxidation sites excluding steroid dienone is 2. The number of amides is 1. The van der Waals surface area contributed by atoms with Gasteiger partial charge in [-0.3, -0.25) is 33.6 Å². The van der Waals surface area contributed by atoms with Crippen molar-refractivity contribution >= 4 is 47.3 Å². The Hall–Kier alpha value is -6.86. The molecule has 6 saturated carbocycles. The van der Waals surface area contributed by atoms with Crippen LogP contribution in [0.3, 0.4) is 0 Å². The maximum Gasteiger partial charge on any atom is 0.338 e. The third-order valence-electron chi connectivity index (χ3n) is 27.5. The van der Waals surface area contributed by atoms with Crippen molar-refractivity contribution in [3.63, 3.8) is 0 Å². The predicted molar refractivity (Wildman–Crippen MR) is 366 cm³/mol. The topological polar surface area (TPSA) is 254 Å². The number of carbonyl (C=O) groups is 8. The lowest BCUT2D eigenvalue weighted by molar-refractivity contribution is -0.346. The van der Waals surface area contributed by atoms with Gasteiger partial charge in [-0.25, -0.2) is 4.79 Å². The van der Waals surface area contributed by atoms with Crippen molar-refractivity contribution in [1.82, 2.24) is 5.32 Å². The van der Waals surface area contributed by atoms with Crippen LogP contribution < -0.4 is 5.32 Å². The summed E-state index contributed by atoms with van der Waals surface area (Å²) in [4.78, 5) is 117. The number of ether oxygens (including phenoxy) is 7. The van der Waals surface area contributed by atoms with Gasteiger partial charge < -0.3 is 48.7 Å². The Bertz CT molecular complexity index is 3770. The van der Waals surface area contributed by atoms with E-state index in [1.54, 1.807) is 93.6 Å². The number of nitrogens with one attached hydrogen (secondary N) is 1. The molecule has 5 unspecified atom stereocenters. The molecule has 18 nitrogen and oxygen atoms in total. The second-order valence-electron chi connectivity index (χ2n) is 33.7. The molecule has 18 heteroatoms. The molecular weight excluding hydrogens is 1260 g/mol. The van der Waals surface area contributed by atoms with Crippen LogP contribution in [0.15, 0.2) is 114 Å². The summed E-state index contributed by atoms with van der Waals surface area (Å²) in [7, 11) is 0. The van der Waals surface area contributed by atoms with Gasteiger partial charge >= 0.3 is 29.8 Å². The van der Waals surface area contributed by atoms with Crippen molar-refractivity contribution in [3.8, 4) is 0 Å². The van der Waals surface area contributed by atoms with Crippen LogP contribution in [0.25, 0.3) is 0 Å². The average molecular weight is 1360 g/mol. The number of aliphatic hydroxyl groups is 2. The summed E-state index contributed by atoms with van der Waals surface area (Å²) in [5, 5.41) is 29.8. The molecule has 3 aromatic carbocycles. The Kier molecular flexibility index (Phi) is 18.6. The molecule has 2 bridgehead atoms. The molecule has 9 aliphatic rings. The zero-order valence-corrected chi connectivity index (χ0v) is 60.3. The summed E-state index contributed by atoms with van der Waals surface area (Å²) in [5.74, 6) is -6.25. The highest BCUT2D eigenvalue weighted by atomic mass is 16.6. The maximum absolute atomic E-state index is 16.4. The van der Waals surface area contributed by atoms with E-state index < -0.39 is 124 Å². The van der Waals surface area contributed by atoms with Crippen LogP contribution in [0, 0.1) is 67.0 Å². The number of esters is 5. The van der Waals surface area contributed by atoms with Crippen LogP contribution in [0.4, 0.5) is 0 Å². The maximum atomic E-state index is 16.4. The Morgan fingerprint density at radius 2 is 1.33 bits per heavy atom. The van der Waals surface area contributed by atoms with Crippen molar-refractivity contribution in [3.05, 3.63) is 130 Å². The fraction of sp³-hybridized carbons (Fsp3) is 0.630. The van der Waals surface area contributed by atoms with Gasteiger partial charge in [-0.05, 0) is 158 Å². The number of rotatable bonds is 16. The number of carbonyl (C=O) groups excluding carboxylic acids is 8. The van der Waals surface area contributed by atoms with E-state index in [4.69, 9.17) is 33.2 Å². The molecule has 1 saturated heterocycles. The molecule has 1 heterocycles. The summed E-state index contributed by atoms with van der Waals surface area (Å²) in [6, 6.07) is 24.4. The monoisotopic (exact) mass is 1360 g/mol. The minimum Gasteiger partial charge on any atom is -0.462 e. The summed E-state index contributed by atoms with van der Waals surface area (Å²) in [6.45, 7) is 26.2. The number of ketones is 2. The number of benzene rings is 3. The molecule has 3 N–H and O–H groups in total. The molecule has 0 spiro atoms. The summed E-state index contributed by atoms with van der Waals surface area (Å²) < 4.78 is 45.0. The molecule has 7 fully saturated rings. The van der Waals surface area contributed by atoms with Crippen LogP contribution in [-0.4, -0.2) is 125 Å². The molecule has 99 heavy (non-hydrogen) atoms. The highest BCUT2D eigenvalue weighted by Crippen LogP contribution is 2.76. The molecule has 534 valence electrons. The van der Waals surface area contributed by atoms with E-state index in [1.165, 1.54) is 38.5 Å². The number of aliphatic hydroxyl groups excluding tert-OH is 1. The largest absolute Gasteiger partial charge is 0.462 e. The van der Waals surface area contributed by atoms with E-state index in [-0.39, 0.29) is 82.3 Å². The second kappa shape index (κ2) is 25.6. The third kappa shape index (κ3) is 11.5. The predicted octanol–water partition coefficient (Wildman–Crippen LogP) is 12.5. The van der Waals surface area contributed by atoms with Gasteiger partial charge in [0.1, 0.15) is 23.9 Å². The van der Waals surface area contributed by atoms with Gasteiger partial charge in [-0.15, -0.1) is 0 Å². The Morgan fingerprint density at radius 3 is 1.95 bits per heavy atom. The van der Waals surface area contributed by atoms with E-state index in [2.05, 4.69) is 59.9 Å². The van der Waals surface area contributed by atoms with E-state index in [0.29, 0.717) is 47.8 Å². The average Bonchev–Trinajstić information content (AvgIpc) is 0.673. The first-order valence-corrected chi connectivity index (χ1v) is 36.0. The number of fused-ring (bicyclic) bond motifs is 12. The fourth-order valence-corrected chi connectivity index (χ4v) is 21.9. The lowest BCUT2D eigenvalue weighted by Gasteiger charge is -2.71. The van der Waals surface area contributed by atoms with Crippen molar-refractivity contribution in [2.75, 3.05) is 13.2 Å². The highest BCUT2D eigenvalue weighted by molar-refractivity contribution is 5.97. The Labute approximate surface area is 582 Å². The van der Waals surface area contributed by atoms with Crippen LogP contribution in [-0.2, 0) is 61.9 Å². The van der Waals surface area contributed by atoms with Gasteiger partial charge in [0, 0.05) is 56.4 Å². The highest BCUT2D eigenvalue weighted by Gasteiger charge is 2.79. The first-order valence-electron chi connectivity index (χ1n) is 36.0. The molecular formula is C81H103NO17. The van der Waals surface area contributed by atoms with Gasteiger partial charge in [-0.2, -0.15) is 0 Å². The number of hydrogen-bond acceptors (Lipinski definition) is 17. The van der Waals surface area contributed by atoms with Gasteiger partial charge in [0.15, 0.2) is 29.4 Å². The smallest absolute Gasteiger partial charge is 0.338 e. The zero-order valence-electron chi connectivity index (χ0n) is 60.3. The van der Waals surface area contributed by atoms with E-state index in [0.717, 1.165) is 51.9 Å². The molecule has 8 aliphatic carbocycles. The van der Waals surface area contributed by atoms with Gasteiger partial charge in [-0.1, -0.05) is 141 Å². The second-order valence-corrected chi connectivity index (χ2v) is 33.7. The summed E-state index contributed by atoms with van der Waals surface area (Å²) in [5.41, 5.74) is -6.95. The van der Waals surface area contributed by atoms with Crippen LogP contribution in [0.5, 0.6) is 0 Å². The van der Waals surface area contributed by atoms with Crippen molar-refractivity contribution < 1.29 is 81.7 Å². The van der Waals surface area contributed by atoms with Gasteiger partial charge in [0.25, 0.3) is 5.91 Å². The quantitative estimate of drug-likeness (QED) is 0.0684. The minimum atomic E-state index is -2.32. The van der Waals surface area contributed by atoms with E-state index in [9.17, 15) is 34.2 Å². The minimum absolute atomic E-state index is 0.0379. The molecule has 19 atom stereocenters. The molecule has 0 radical (unpaired) electrons. The SMILES string of the molecule is CC(=O)O[C@H]1C(=O)[C@@]2(C)C([C@H](OC(=O)c3ccccc3)C3(O)C[C@H](OCCC(=O)C(OC(=O)[C@]45CCC(C)(C)C[C@H]4C4=CC[C@@H]6[C@@]7(C)CC[C@H](OC(C)=O)C(C)(C)[C@@H]7CC[C@@]6(C)[C@]4(C)CC5)C(NC(=O)c4ccccc4)c4ccccc4)C(C)=C1C3(C)C)[C@]1(OC(C)=O)COC1C[C@@H]2O. The number of hydrogen-bond donors (Lipinski definition) is 3. The van der Waals surface area contributed by atoms with Crippen LogP contribution in [0.1, 0.15) is 213 Å². The first kappa shape index (κ1) is 71.9. The van der Waals surface area contributed by atoms with E-state index >= 15 is 14.4 Å². The van der Waals surface area contributed by atoms with Crippen molar-refractivity contribution in [2.24, 2.45) is 67.0 Å². The van der Waals surface area contributed by atoms with E-state index in [1.807, 2.05) is 6.07 Å². The van der Waals surface area contributed by atoms with Crippen molar-refractivity contribution in [2.45, 2.75) is 240 Å². The standard InChI is InChI=1S/C81H103NO17/c1-46-56(44-81(92)68(98-70(90)52-28-22-17-23-29-52)66-78(14,59(87)42-61-80(66,45-94-61)99-49(4)85)67(88)65(96-48(3)84)62(46)74(81,9)10)93-41-34-55(86)64(63(50-24-18-15-19-25-50)82-69(89)51-26-20-16-21-27-51)97-71(91)79-39-37-72(5,6)43-54(79)53-30-31-58-75(11)35-33-60(95-47(2)83)73(7,8)57(75)32-36-77(58,13)76(53,12)38-40-79/h15-30,54,56-61,63-66,68,87,92H,31-45H2,1-14H3,(H,82,89)/t54-,56-,57-,58+,59-,60-,61?,63?,64?,65+,66?,68-,75-,76+,77+,78+,79-,80-,81?/m0/s1. The van der Waals surface area contributed by atoms with Crippen LogP contribution >= 0.6 is 0 Å². The summed E-state index contributed by atoms with van der Waals surface area (Å²) >= 11 is 0. The fourth-order valence-electron chi connectivity index (χ4n) is 21.9. The lowest BCUT2D eigenvalue weighted by atomic mass is 9.33. The lowest BCUT2D eigenvalue weighted by Crippen LogP contribution is -2.82. The first-order chi connectivity index (χ1) is 46.5. The van der Waals surface area contributed by atoms with Gasteiger partial charge in [0.05, 0.1) is 53.8 Å². The third-order valence-corrected chi connectivity index (χ3v) is 27.5.